The average molecular weight is 651 g/mol. The number of hydrogen-bond acceptors (Lipinski definition) is 4. The van der Waals surface area contributed by atoms with E-state index in [2.05, 4.69) is 65.8 Å². The zero-order valence-corrected chi connectivity index (χ0v) is 30.8. The molecule has 6 heteroatoms. The van der Waals surface area contributed by atoms with Crippen LogP contribution in [0.25, 0.3) is 11.1 Å². The number of unbranched alkanes of at least 4 members (excludes halogenated alkanes) is 12. The Morgan fingerprint density at radius 3 is 1.87 bits per heavy atom. The molecule has 0 amide bonds. The smallest absolute Gasteiger partial charge is 0.315 e. The Bertz CT molecular complexity index is 1280. The highest BCUT2D eigenvalue weighted by Crippen LogP contribution is 2.36. The molecule has 47 heavy (non-hydrogen) atoms. The van der Waals surface area contributed by atoms with Crippen LogP contribution in [0.3, 0.4) is 0 Å². The van der Waals surface area contributed by atoms with Crippen LogP contribution in [0.2, 0.25) is 0 Å². The predicted molar refractivity (Wildman–Crippen MR) is 196 cm³/mol. The fourth-order valence-electron chi connectivity index (χ4n) is 7.06. The van der Waals surface area contributed by atoms with Crippen molar-refractivity contribution in [1.29, 1.82) is 0 Å². The number of allylic oxidation sites excluding steroid dienone is 2. The fraction of sp³-hybridized carbons (Fsp3) is 0.707. The molecular weight excluding hydrogens is 584 g/mol. The lowest BCUT2D eigenvalue weighted by Gasteiger charge is -2.21. The zero-order chi connectivity index (χ0) is 34.0. The van der Waals surface area contributed by atoms with E-state index in [0.29, 0.717) is 37.7 Å². The number of hydrogen-bond donors (Lipinski definition) is 0. The van der Waals surface area contributed by atoms with Crippen molar-refractivity contribution in [3.8, 4) is 17.0 Å². The number of rotatable bonds is 22. The van der Waals surface area contributed by atoms with E-state index in [1.54, 1.807) is 4.68 Å². The number of nitrogens with zero attached hydrogens (tertiary/aromatic N) is 2. The summed E-state index contributed by atoms with van der Waals surface area (Å²) in [4.78, 5) is 27.9. The molecule has 0 N–H and O–H groups in total. The number of aryl methyl sites for hydroxylation is 3. The fourth-order valence-corrected chi connectivity index (χ4v) is 7.06. The van der Waals surface area contributed by atoms with Gasteiger partial charge in [-0.3, -0.25) is 9.59 Å². The van der Waals surface area contributed by atoms with E-state index in [-0.39, 0.29) is 23.4 Å². The number of ether oxygens (including phenoxy) is 2. The molecule has 1 aromatic carbocycles. The quantitative estimate of drug-likeness (QED) is 0.0723. The predicted octanol–water partition coefficient (Wildman–Crippen LogP) is 10.4. The number of carbonyl (C=O) groups is 1. The summed E-state index contributed by atoms with van der Waals surface area (Å²) in [5.41, 5.74) is 4.81. The largest absolute Gasteiger partial charge is 0.407 e. The van der Waals surface area contributed by atoms with Crippen LogP contribution in [0.15, 0.2) is 29.1 Å². The number of esters is 1. The van der Waals surface area contributed by atoms with Gasteiger partial charge in [-0.25, -0.2) is 9.36 Å². The SMILES string of the molecule is CCCCCCCC/C=C\CCCCCCCCC(C(=O)Oc1c(-c2c(CC)cc(C)cc2CC)c(=O)n2n1CCOCC2)C(C)C. The van der Waals surface area contributed by atoms with Crippen molar-refractivity contribution in [2.45, 2.75) is 164 Å². The van der Waals surface area contributed by atoms with Gasteiger partial charge in [0.1, 0.15) is 5.56 Å². The van der Waals surface area contributed by atoms with Gasteiger partial charge in [0, 0.05) is 0 Å². The van der Waals surface area contributed by atoms with E-state index in [1.807, 2.05) is 4.68 Å². The van der Waals surface area contributed by atoms with Gasteiger partial charge >= 0.3 is 5.97 Å². The number of benzene rings is 1. The summed E-state index contributed by atoms with van der Waals surface area (Å²) in [6.45, 7) is 14.7. The molecule has 1 aliphatic heterocycles. The Morgan fingerprint density at radius 2 is 1.32 bits per heavy atom. The molecule has 2 heterocycles. The van der Waals surface area contributed by atoms with Crippen LogP contribution in [0.5, 0.6) is 5.88 Å². The molecule has 1 aliphatic rings. The highest BCUT2D eigenvalue weighted by molar-refractivity contribution is 5.81. The lowest BCUT2D eigenvalue weighted by molar-refractivity contribution is -0.141. The van der Waals surface area contributed by atoms with Crippen LogP contribution < -0.4 is 10.3 Å². The lowest BCUT2D eigenvalue weighted by atomic mass is 9.90. The van der Waals surface area contributed by atoms with Crippen LogP contribution in [-0.2, 0) is 35.5 Å². The van der Waals surface area contributed by atoms with Gasteiger partial charge in [-0.05, 0) is 74.5 Å². The second-order valence-electron chi connectivity index (χ2n) is 14.0. The first-order valence-electron chi connectivity index (χ1n) is 19.2. The van der Waals surface area contributed by atoms with E-state index < -0.39 is 0 Å². The van der Waals surface area contributed by atoms with Crippen molar-refractivity contribution in [3.63, 3.8) is 0 Å². The molecule has 0 bridgehead atoms. The molecule has 6 nitrogen and oxygen atoms in total. The molecule has 0 saturated carbocycles. The van der Waals surface area contributed by atoms with E-state index >= 15 is 0 Å². The van der Waals surface area contributed by atoms with E-state index in [9.17, 15) is 9.59 Å². The van der Waals surface area contributed by atoms with Crippen molar-refractivity contribution < 1.29 is 14.3 Å². The first-order valence-corrected chi connectivity index (χ1v) is 19.2. The highest BCUT2D eigenvalue weighted by Gasteiger charge is 2.31. The van der Waals surface area contributed by atoms with Gasteiger partial charge in [0.05, 0.1) is 32.2 Å². The molecule has 0 aliphatic carbocycles. The van der Waals surface area contributed by atoms with Crippen LogP contribution >= 0.6 is 0 Å². The maximum atomic E-state index is 14.0. The maximum Gasteiger partial charge on any atom is 0.315 e. The average Bonchev–Trinajstić information content (AvgIpc) is 3.19. The number of aromatic nitrogens is 2. The van der Waals surface area contributed by atoms with Crippen molar-refractivity contribution in [2.75, 3.05) is 13.2 Å². The normalized spacial score (nSPS) is 14.1. The third-order valence-corrected chi connectivity index (χ3v) is 9.87. The molecule has 264 valence electrons. The Kier molecular flexibility index (Phi) is 17.7. The Balaban J connectivity index is 1.57. The first kappa shape index (κ1) is 38.8. The van der Waals surface area contributed by atoms with Crippen LogP contribution in [0.1, 0.15) is 148 Å². The van der Waals surface area contributed by atoms with Crippen LogP contribution in [-0.4, -0.2) is 28.5 Å². The molecule has 0 fully saturated rings. The molecule has 2 aromatic rings. The van der Waals surface area contributed by atoms with Crippen molar-refractivity contribution in [3.05, 3.63) is 51.3 Å². The summed E-state index contributed by atoms with van der Waals surface area (Å²) in [6, 6.07) is 4.34. The summed E-state index contributed by atoms with van der Waals surface area (Å²) in [5.74, 6) is 0.128. The van der Waals surface area contributed by atoms with Crippen LogP contribution in [0, 0.1) is 18.8 Å². The molecule has 1 atom stereocenters. The minimum atomic E-state index is -0.219. The van der Waals surface area contributed by atoms with Crippen molar-refractivity contribution in [2.24, 2.45) is 11.8 Å². The molecule has 1 aromatic heterocycles. The van der Waals surface area contributed by atoms with Gasteiger partial charge in [0.25, 0.3) is 5.56 Å². The lowest BCUT2D eigenvalue weighted by Crippen LogP contribution is -2.27. The summed E-state index contributed by atoms with van der Waals surface area (Å²) in [5, 5.41) is 0. The second-order valence-corrected chi connectivity index (χ2v) is 14.0. The second kappa shape index (κ2) is 21.4. The minimum Gasteiger partial charge on any atom is -0.407 e. The molecular formula is C41H66N2O4. The van der Waals surface area contributed by atoms with Gasteiger partial charge in [0.2, 0.25) is 5.88 Å². The standard InChI is InChI=1S/C41H66N2O4/c1-7-10-11-12-13-14-15-16-17-18-19-20-21-22-23-24-25-36(32(4)5)41(45)47-40-38(39(44)42-26-28-46-29-27-43(40)42)37-34(8-2)30-33(6)31-35(37)9-3/h16-17,30-32,36H,7-15,18-29H2,1-6H3/b17-16-. The first-order chi connectivity index (χ1) is 22.8. The van der Waals surface area contributed by atoms with Crippen molar-refractivity contribution in [1.82, 2.24) is 9.36 Å². The summed E-state index contributed by atoms with van der Waals surface area (Å²) in [6.07, 6.45) is 25.0. The third-order valence-electron chi connectivity index (χ3n) is 9.87. The molecule has 0 spiro atoms. The number of fused-ring (bicyclic) bond motifs is 1. The molecule has 3 rings (SSSR count). The Morgan fingerprint density at radius 1 is 0.787 bits per heavy atom. The Labute approximate surface area is 286 Å². The van der Waals surface area contributed by atoms with Crippen molar-refractivity contribution >= 4 is 5.97 Å². The van der Waals surface area contributed by atoms with Gasteiger partial charge in [0.15, 0.2) is 0 Å². The van der Waals surface area contributed by atoms with E-state index in [0.717, 1.165) is 48.8 Å². The monoisotopic (exact) mass is 651 g/mol. The summed E-state index contributed by atoms with van der Waals surface area (Å²) in [7, 11) is 0. The molecule has 1 unspecified atom stereocenters. The molecule has 0 radical (unpaired) electrons. The highest BCUT2D eigenvalue weighted by atomic mass is 16.5. The van der Waals surface area contributed by atoms with Gasteiger partial charge < -0.3 is 9.47 Å². The maximum absolute atomic E-state index is 14.0. The van der Waals surface area contributed by atoms with E-state index in [1.165, 1.54) is 82.6 Å². The zero-order valence-electron chi connectivity index (χ0n) is 30.8. The van der Waals surface area contributed by atoms with Gasteiger partial charge in [-0.15, -0.1) is 0 Å². The summed E-state index contributed by atoms with van der Waals surface area (Å²) < 4.78 is 15.6. The number of carbonyl (C=O) groups excluding carboxylic acids is 1. The van der Waals surface area contributed by atoms with E-state index in [4.69, 9.17) is 9.47 Å². The minimum absolute atomic E-state index is 0.0963. The molecule has 0 saturated heterocycles. The third kappa shape index (κ3) is 11.8. The Hall–Kier alpha value is -2.60. The van der Waals surface area contributed by atoms with Gasteiger partial charge in [-0.1, -0.05) is 129 Å². The van der Waals surface area contributed by atoms with Crippen LogP contribution in [0.4, 0.5) is 0 Å². The summed E-state index contributed by atoms with van der Waals surface area (Å²) >= 11 is 0. The van der Waals surface area contributed by atoms with Gasteiger partial charge in [-0.2, -0.15) is 0 Å². The topological polar surface area (TPSA) is 62.5 Å².